The van der Waals surface area contributed by atoms with Crippen LogP contribution in [0.5, 0.6) is 0 Å². The number of nitrogens with zero attached hydrogens (tertiary/aromatic N) is 4. The Kier molecular flexibility index (Phi) is 8.86. The van der Waals surface area contributed by atoms with Crippen LogP contribution in [0.15, 0.2) is 65.1 Å². The summed E-state index contributed by atoms with van der Waals surface area (Å²) in [6.07, 6.45) is 2.47. The number of pyridine rings is 1. The van der Waals surface area contributed by atoms with Crippen molar-refractivity contribution < 1.29 is 23.5 Å². The van der Waals surface area contributed by atoms with E-state index >= 15 is 0 Å². The van der Waals surface area contributed by atoms with Gasteiger partial charge in [0.25, 0.3) is 0 Å². The van der Waals surface area contributed by atoms with Gasteiger partial charge in [0.1, 0.15) is 0 Å². The first-order valence-corrected chi connectivity index (χ1v) is 14.2. The molecule has 0 saturated heterocycles. The number of methoxy groups -OCH3 is 1. The molecule has 3 heterocycles. The highest BCUT2D eigenvalue weighted by Gasteiger charge is 2.38. The van der Waals surface area contributed by atoms with Crippen LogP contribution in [0.4, 0.5) is 26.2 Å². The van der Waals surface area contributed by atoms with Crippen molar-refractivity contribution in [2.24, 2.45) is 16.3 Å². The lowest BCUT2D eigenvalue weighted by atomic mass is 9.90. The van der Waals surface area contributed by atoms with Gasteiger partial charge in [0.15, 0.2) is 11.9 Å². The molecule has 4 atom stereocenters. The fourth-order valence-corrected chi connectivity index (χ4v) is 5.44. The van der Waals surface area contributed by atoms with Crippen molar-refractivity contribution in [1.82, 2.24) is 10.3 Å². The number of carbonyl (C=O) groups excluding carboxylic acids is 3. The zero-order valence-corrected chi connectivity index (χ0v) is 24.6. The van der Waals surface area contributed by atoms with E-state index in [0.717, 1.165) is 5.56 Å². The number of halogens is 2. The zero-order chi connectivity index (χ0) is 30.7. The van der Waals surface area contributed by atoms with Crippen molar-refractivity contribution in [3.63, 3.8) is 0 Å². The largest absolute Gasteiger partial charge is 0.453 e. The van der Waals surface area contributed by atoms with Gasteiger partial charge in [-0.2, -0.15) is 5.11 Å². The van der Waals surface area contributed by atoms with Crippen LogP contribution in [-0.2, 0) is 14.3 Å². The molecule has 3 amide bonds. The zero-order valence-electron chi connectivity index (χ0n) is 23.8. The third-order valence-corrected chi connectivity index (χ3v) is 7.92. The van der Waals surface area contributed by atoms with E-state index in [1.54, 1.807) is 37.4 Å². The molecule has 43 heavy (non-hydrogen) atoms. The number of nitrogens with one attached hydrogen (secondary N) is 3. The van der Waals surface area contributed by atoms with E-state index in [0.29, 0.717) is 35.5 Å². The highest BCUT2D eigenvalue weighted by atomic mass is 35.5. The molecule has 13 heteroatoms. The van der Waals surface area contributed by atoms with Crippen LogP contribution < -0.4 is 21.0 Å². The normalized spacial score (nSPS) is 21.6. The lowest BCUT2D eigenvalue weighted by Crippen LogP contribution is -2.45. The van der Waals surface area contributed by atoms with Crippen molar-refractivity contribution in [1.29, 1.82) is 0 Å². The molecule has 3 aromatic rings. The minimum atomic E-state index is -0.901. The molecule has 2 aliphatic rings. The molecule has 2 aliphatic heterocycles. The van der Waals surface area contributed by atoms with Gasteiger partial charge in [0.05, 0.1) is 41.3 Å². The summed E-state index contributed by atoms with van der Waals surface area (Å²) in [6.45, 7) is 3.74. The second-order valence-electron chi connectivity index (χ2n) is 10.6. The van der Waals surface area contributed by atoms with Crippen LogP contribution in [0, 0.1) is 11.7 Å². The fraction of sp³-hybridized carbons (Fsp3) is 0.333. The standard InChI is InChI=1S/C30H31ClFN7O4/c1-16-6-4-9-25(40)35-22-15-19(34-30(42)43-3)10-11-20(22)18-12-13-33-23(14-18)27(16)36-29(41)28-17(2)39(38-37-28)24-8-5-7-21(31)26(24)32/h5,7-8,10-17,27-28H,4,6,9H2,1-3H3,(H,34,42)(H,35,40)(H,36,41). The summed E-state index contributed by atoms with van der Waals surface area (Å²) >= 11 is 5.96. The highest BCUT2D eigenvalue weighted by Crippen LogP contribution is 2.36. The molecule has 5 rings (SSSR count). The Labute approximate surface area is 252 Å². The Balaban J connectivity index is 1.43. The highest BCUT2D eigenvalue weighted by molar-refractivity contribution is 6.31. The third kappa shape index (κ3) is 6.43. The maximum absolute atomic E-state index is 14.7. The van der Waals surface area contributed by atoms with E-state index in [2.05, 4.69) is 36.0 Å². The number of amides is 3. The van der Waals surface area contributed by atoms with Crippen LogP contribution >= 0.6 is 11.6 Å². The van der Waals surface area contributed by atoms with Gasteiger partial charge in [-0.25, -0.2) is 14.2 Å². The lowest BCUT2D eigenvalue weighted by Gasteiger charge is -2.28. The van der Waals surface area contributed by atoms with Gasteiger partial charge >= 0.3 is 6.09 Å². The number of hydrogen-bond acceptors (Lipinski definition) is 8. The predicted molar refractivity (Wildman–Crippen MR) is 160 cm³/mol. The summed E-state index contributed by atoms with van der Waals surface area (Å²) in [5.74, 6) is -1.27. The Bertz CT molecular complexity index is 1590. The summed E-state index contributed by atoms with van der Waals surface area (Å²) < 4.78 is 19.4. The van der Waals surface area contributed by atoms with E-state index in [1.165, 1.54) is 24.3 Å². The molecule has 224 valence electrons. The van der Waals surface area contributed by atoms with Crippen molar-refractivity contribution >= 4 is 46.6 Å². The number of aromatic nitrogens is 1. The van der Waals surface area contributed by atoms with Gasteiger partial charge in [-0.05, 0) is 67.6 Å². The molecule has 0 fully saturated rings. The summed E-state index contributed by atoms with van der Waals surface area (Å²) in [5, 5.41) is 18.2. The Hall–Kier alpha value is -4.58. The Morgan fingerprint density at radius 2 is 1.98 bits per heavy atom. The maximum atomic E-state index is 14.7. The molecule has 2 bridgehead atoms. The van der Waals surface area contributed by atoms with Gasteiger partial charge in [-0.15, -0.1) is 0 Å². The summed E-state index contributed by atoms with van der Waals surface area (Å²) in [4.78, 5) is 42.9. The van der Waals surface area contributed by atoms with E-state index in [-0.39, 0.29) is 34.9 Å². The second kappa shape index (κ2) is 12.7. The molecular formula is C30H31ClFN7O4. The minimum Gasteiger partial charge on any atom is -0.453 e. The molecular weight excluding hydrogens is 577 g/mol. The summed E-state index contributed by atoms with van der Waals surface area (Å²) in [5.41, 5.74) is 3.20. The maximum Gasteiger partial charge on any atom is 0.411 e. The number of hydrogen-bond donors (Lipinski definition) is 3. The van der Waals surface area contributed by atoms with Crippen LogP contribution in [-0.4, -0.2) is 42.1 Å². The minimum absolute atomic E-state index is 0.0491. The molecule has 1 aromatic heterocycles. The monoisotopic (exact) mass is 607 g/mol. The smallest absolute Gasteiger partial charge is 0.411 e. The van der Waals surface area contributed by atoms with Gasteiger partial charge in [-0.1, -0.05) is 35.9 Å². The van der Waals surface area contributed by atoms with Crippen LogP contribution in [0.3, 0.4) is 0 Å². The van der Waals surface area contributed by atoms with Gasteiger partial charge in [0.2, 0.25) is 11.8 Å². The van der Waals surface area contributed by atoms with Gasteiger partial charge in [-0.3, -0.25) is 19.9 Å². The first kappa shape index (κ1) is 29.9. The fourth-order valence-electron chi connectivity index (χ4n) is 5.27. The number of benzene rings is 2. The van der Waals surface area contributed by atoms with Crippen molar-refractivity contribution in [2.45, 2.75) is 51.2 Å². The average molecular weight is 608 g/mol. The second-order valence-corrected chi connectivity index (χ2v) is 11.0. The molecule has 3 N–H and O–H groups in total. The van der Waals surface area contributed by atoms with E-state index in [1.807, 2.05) is 19.1 Å². The third-order valence-electron chi connectivity index (χ3n) is 7.63. The molecule has 11 nitrogen and oxygen atoms in total. The molecule has 4 unspecified atom stereocenters. The number of ether oxygens (including phenoxy) is 1. The molecule has 0 aliphatic carbocycles. The summed E-state index contributed by atoms with van der Waals surface area (Å²) in [7, 11) is 1.27. The van der Waals surface area contributed by atoms with Gasteiger partial charge in [0, 0.05) is 23.9 Å². The SMILES string of the molecule is COC(=O)Nc1ccc2c(c1)NC(=O)CCCC(C)C(NC(=O)C1N=NN(c3cccc(Cl)c3F)C1C)c1cc-2ccn1. The van der Waals surface area contributed by atoms with Crippen molar-refractivity contribution in [2.75, 3.05) is 22.8 Å². The molecule has 0 spiro atoms. The molecule has 0 radical (unpaired) electrons. The van der Waals surface area contributed by atoms with Crippen LogP contribution in [0.2, 0.25) is 5.02 Å². The molecule has 0 saturated carbocycles. The van der Waals surface area contributed by atoms with Gasteiger partial charge < -0.3 is 15.4 Å². The number of rotatable bonds is 4. The van der Waals surface area contributed by atoms with E-state index < -0.39 is 30.0 Å². The Morgan fingerprint density at radius 1 is 1.16 bits per heavy atom. The van der Waals surface area contributed by atoms with Crippen LogP contribution in [0.25, 0.3) is 11.1 Å². The van der Waals surface area contributed by atoms with Crippen molar-refractivity contribution in [3.8, 4) is 11.1 Å². The number of carbonyl (C=O) groups is 3. The van der Waals surface area contributed by atoms with Crippen LogP contribution in [0.1, 0.15) is 44.8 Å². The first-order valence-electron chi connectivity index (χ1n) is 13.9. The first-order chi connectivity index (χ1) is 20.7. The lowest BCUT2D eigenvalue weighted by molar-refractivity contribution is -0.123. The number of anilines is 3. The summed E-state index contributed by atoms with van der Waals surface area (Å²) in [6, 6.07) is 11.4. The molecule has 2 aromatic carbocycles. The van der Waals surface area contributed by atoms with E-state index in [9.17, 15) is 18.8 Å². The quantitative estimate of drug-likeness (QED) is 0.319. The Morgan fingerprint density at radius 3 is 2.77 bits per heavy atom. The topological polar surface area (TPSA) is 137 Å². The van der Waals surface area contributed by atoms with E-state index in [4.69, 9.17) is 11.6 Å². The predicted octanol–water partition coefficient (Wildman–Crippen LogP) is 6.28. The van der Waals surface area contributed by atoms with Crippen molar-refractivity contribution in [3.05, 3.63) is 71.3 Å². The number of fused-ring (bicyclic) bond motifs is 4. The average Bonchev–Trinajstić information content (AvgIpc) is 3.37.